The molecular weight excluding hydrogens is 244 g/mol. The molecule has 0 aromatic carbocycles. The second-order valence-electron chi connectivity index (χ2n) is 6.65. The van der Waals surface area contributed by atoms with E-state index in [4.69, 9.17) is 9.84 Å². The Kier molecular flexibility index (Phi) is 9.54. The molecule has 0 fully saturated rings. The molecule has 0 saturated heterocycles. The molecule has 0 aliphatic heterocycles. The van der Waals surface area contributed by atoms with Crippen molar-refractivity contribution < 1.29 is 19.4 Å². The third-order valence-electron chi connectivity index (χ3n) is 2.24. The summed E-state index contributed by atoms with van der Waals surface area (Å²) in [5.41, 5.74) is -0.938. The van der Waals surface area contributed by atoms with E-state index in [0.717, 1.165) is 19.3 Å². The Balaban J connectivity index is 0. The first-order chi connectivity index (χ1) is 8.42. The summed E-state index contributed by atoms with van der Waals surface area (Å²) in [5, 5.41) is 8.25. The Bertz CT molecular complexity index is 269. The van der Waals surface area contributed by atoms with Gasteiger partial charge in [0.15, 0.2) is 0 Å². The highest BCUT2D eigenvalue weighted by Gasteiger charge is 2.22. The summed E-state index contributed by atoms with van der Waals surface area (Å²) in [7, 11) is 0. The number of hydrogen-bond acceptors (Lipinski definition) is 3. The van der Waals surface area contributed by atoms with E-state index in [-0.39, 0.29) is 11.4 Å². The molecule has 0 aromatic rings. The number of carbonyl (C=O) groups excluding carboxylic acids is 1. The number of ether oxygens (including phenoxy) is 1. The van der Waals surface area contributed by atoms with E-state index in [1.54, 1.807) is 20.8 Å². The summed E-state index contributed by atoms with van der Waals surface area (Å²) >= 11 is 0. The van der Waals surface area contributed by atoms with Crippen LogP contribution in [-0.4, -0.2) is 23.7 Å². The van der Waals surface area contributed by atoms with Crippen molar-refractivity contribution in [2.75, 3.05) is 6.61 Å². The fraction of sp³-hybridized carbons (Fsp3) is 0.867. The quantitative estimate of drug-likeness (QED) is 0.624. The SMILES string of the molecule is CC(C)(C)C(=O)O.CCCCCOC(=O)C(C)(C)C. The summed E-state index contributed by atoms with van der Waals surface area (Å²) in [6.45, 7) is 13.3. The van der Waals surface area contributed by atoms with E-state index in [2.05, 4.69) is 6.92 Å². The Morgan fingerprint density at radius 1 is 0.947 bits per heavy atom. The minimum atomic E-state index is -0.757. The summed E-state index contributed by atoms with van der Waals surface area (Å²) in [4.78, 5) is 21.2. The Labute approximate surface area is 117 Å². The van der Waals surface area contributed by atoms with Crippen LogP contribution in [0.5, 0.6) is 0 Å². The molecule has 4 nitrogen and oxygen atoms in total. The topological polar surface area (TPSA) is 63.6 Å². The summed E-state index contributed by atoms with van der Waals surface area (Å²) < 4.78 is 5.07. The van der Waals surface area contributed by atoms with Crippen LogP contribution in [0.15, 0.2) is 0 Å². The van der Waals surface area contributed by atoms with Crippen molar-refractivity contribution in [2.45, 2.75) is 67.7 Å². The molecule has 0 aliphatic rings. The molecular formula is C15H30O4. The molecule has 4 heteroatoms. The van der Waals surface area contributed by atoms with Crippen LogP contribution in [-0.2, 0) is 14.3 Å². The molecule has 1 N–H and O–H groups in total. The van der Waals surface area contributed by atoms with Crippen molar-refractivity contribution in [3.63, 3.8) is 0 Å². The van der Waals surface area contributed by atoms with Gasteiger partial charge in [0.25, 0.3) is 0 Å². The van der Waals surface area contributed by atoms with Crippen LogP contribution < -0.4 is 0 Å². The lowest BCUT2D eigenvalue weighted by molar-refractivity contribution is -0.153. The molecule has 0 saturated carbocycles. The molecule has 0 atom stereocenters. The number of hydrogen-bond donors (Lipinski definition) is 1. The van der Waals surface area contributed by atoms with Crippen molar-refractivity contribution in [1.29, 1.82) is 0 Å². The van der Waals surface area contributed by atoms with Crippen LogP contribution >= 0.6 is 0 Å². The standard InChI is InChI=1S/C10H20O2.C5H10O2/c1-5-6-7-8-12-9(11)10(2,3)4;1-5(2,3)4(6)7/h5-8H2,1-4H3;1-3H3,(H,6,7). The van der Waals surface area contributed by atoms with Crippen LogP contribution in [0.1, 0.15) is 67.7 Å². The average Bonchev–Trinajstić information content (AvgIpc) is 2.22. The van der Waals surface area contributed by atoms with Gasteiger partial charge in [-0.3, -0.25) is 9.59 Å². The van der Waals surface area contributed by atoms with Crippen molar-refractivity contribution in [2.24, 2.45) is 10.8 Å². The minimum Gasteiger partial charge on any atom is -0.481 e. The van der Waals surface area contributed by atoms with Crippen LogP contribution in [0.2, 0.25) is 0 Å². The van der Waals surface area contributed by atoms with Gasteiger partial charge in [-0.25, -0.2) is 0 Å². The van der Waals surface area contributed by atoms with E-state index in [0.29, 0.717) is 6.61 Å². The van der Waals surface area contributed by atoms with Gasteiger partial charge in [-0.15, -0.1) is 0 Å². The van der Waals surface area contributed by atoms with Gasteiger partial charge in [-0.1, -0.05) is 19.8 Å². The monoisotopic (exact) mass is 274 g/mol. The number of carbonyl (C=O) groups is 2. The van der Waals surface area contributed by atoms with E-state index >= 15 is 0 Å². The minimum absolute atomic E-state index is 0.0985. The molecule has 0 bridgehead atoms. The second kappa shape index (κ2) is 8.94. The first-order valence-electron chi connectivity index (χ1n) is 6.83. The van der Waals surface area contributed by atoms with Gasteiger partial charge in [0.2, 0.25) is 0 Å². The van der Waals surface area contributed by atoms with Gasteiger partial charge in [0, 0.05) is 0 Å². The number of esters is 1. The van der Waals surface area contributed by atoms with Crippen molar-refractivity contribution in [3.05, 3.63) is 0 Å². The second-order valence-corrected chi connectivity index (χ2v) is 6.65. The molecule has 0 heterocycles. The molecule has 19 heavy (non-hydrogen) atoms. The lowest BCUT2D eigenvalue weighted by atomic mass is 9.97. The van der Waals surface area contributed by atoms with Crippen LogP contribution in [0.4, 0.5) is 0 Å². The van der Waals surface area contributed by atoms with Gasteiger partial charge in [-0.05, 0) is 48.0 Å². The van der Waals surface area contributed by atoms with E-state index in [1.807, 2.05) is 20.8 Å². The van der Waals surface area contributed by atoms with Gasteiger partial charge >= 0.3 is 11.9 Å². The largest absolute Gasteiger partial charge is 0.481 e. The number of unbranched alkanes of at least 4 members (excludes halogenated alkanes) is 2. The third kappa shape index (κ3) is 13.2. The zero-order valence-electron chi connectivity index (χ0n) is 13.5. The summed E-state index contributed by atoms with van der Waals surface area (Å²) in [5.74, 6) is -0.855. The summed E-state index contributed by atoms with van der Waals surface area (Å²) in [6.07, 6.45) is 3.28. The Morgan fingerprint density at radius 3 is 1.63 bits per heavy atom. The zero-order valence-corrected chi connectivity index (χ0v) is 13.5. The molecule has 114 valence electrons. The highest BCUT2D eigenvalue weighted by Crippen LogP contribution is 2.15. The smallest absolute Gasteiger partial charge is 0.311 e. The Hall–Kier alpha value is -1.06. The molecule has 0 rings (SSSR count). The average molecular weight is 274 g/mol. The fourth-order valence-electron chi connectivity index (χ4n) is 0.733. The fourth-order valence-corrected chi connectivity index (χ4v) is 0.733. The zero-order chi connectivity index (χ0) is 15.7. The van der Waals surface area contributed by atoms with E-state index in [1.165, 1.54) is 0 Å². The molecule has 0 radical (unpaired) electrons. The maximum absolute atomic E-state index is 11.2. The molecule has 0 unspecified atom stereocenters. The maximum Gasteiger partial charge on any atom is 0.311 e. The third-order valence-corrected chi connectivity index (χ3v) is 2.24. The van der Waals surface area contributed by atoms with Crippen LogP contribution in [0.25, 0.3) is 0 Å². The van der Waals surface area contributed by atoms with Gasteiger partial charge in [-0.2, -0.15) is 0 Å². The first kappa shape index (κ1) is 20.3. The molecule has 0 amide bonds. The number of carboxylic acids is 1. The van der Waals surface area contributed by atoms with Crippen LogP contribution in [0, 0.1) is 10.8 Å². The highest BCUT2D eigenvalue weighted by atomic mass is 16.5. The summed E-state index contributed by atoms with van der Waals surface area (Å²) in [6, 6.07) is 0. The predicted molar refractivity (Wildman–Crippen MR) is 77.0 cm³/mol. The number of aliphatic carboxylic acids is 1. The molecule has 0 aliphatic carbocycles. The van der Waals surface area contributed by atoms with E-state index < -0.39 is 11.4 Å². The normalized spacial score (nSPS) is 11.3. The Morgan fingerprint density at radius 2 is 1.37 bits per heavy atom. The molecule has 0 aromatic heterocycles. The van der Waals surface area contributed by atoms with Gasteiger partial charge in [0.05, 0.1) is 17.4 Å². The lowest BCUT2D eigenvalue weighted by Gasteiger charge is -2.16. The first-order valence-corrected chi connectivity index (χ1v) is 6.83. The number of carboxylic acid groups (broad SMARTS) is 1. The highest BCUT2D eigenvalue weighted by molar-refractivity contribution is 5.75. The van der Waals surface area contributed by atoms with E-state index in [9.17, 15) is 9.59 Å². The molecule has 0 spiro atoms. The number of rotatable bonds is 4. The van der Waals surface area contributed by atoms with Crippen molar-refractivity contribution in [3.8, 4) is 0 Å². The lowest BCUT2D eigenvalue weighted by Crippen LogP contribution is -2.23. The van der Waals surface area contributed by atoms with Crippen molar-refractivity contribution in [1.82, 2.24) is 0 Å². The van der Waals surface area contributed by atoms with Gasteiger partial charge < -0.3 is 9.84 Å². The predicted octanol–water partition coefficient (Wildman–Crippen LogP) is 3.88. The maximum atomic E-state index is 11.2. The van der Waals surface area contributed by atoms with Crippen LogP contribution in [0.3, 0.4) is 0 Å². The van der Waals surface area contributed by atoms with Gasteiger partial charge in [0.1, 0.15) is 0 Å². The van der Waals surface area contributed by atoms with Crippen molar-refractivity contribution >= 4 is 11.9 Å².